The van der Waals surface area contributed by atoms with Crippen LogP contribution in [0.1, 0.15) is 31.5 Å². The van der Waals surface area contributed by atoms with Gasteiger partial charge in [0.25, 0.3) is 0 Å². The smallest absolute Gasteiger partial charge is 0.138 e. The number of nitrogens with zero attached hydrogens (tertiary/aromatic N) is 3. The molecule has 2 aliphatic carbocycles. The SMILES string of the molecule is Cn1ncnc1CC1(CO)CC2CCC1C2. The summed E-state index contributed by atoms with van der Waals surface area (Å²) in [5.74, 6) is 2.58. The number of hydrogen-bond acceptors (Lipinski definition) is 3. The van der Waals surface area contributed by atoms with Crippen LogP contribution in [0.2, 0.25) is 0 Å². The minimum absolute atomic E-state index is 0.101. The zero-order valence-corrected chi connectivity index (χ0v) is 9.76. The third kappa shape index (κ3) is 1.39. The number of aryl methyl sites for hydroxylation is 1. The molecule has 0 radical (unpaired) electrons. The number of fused-ring (bicyclic) bond motifs is 2. The van der Waals surface area contributed by atoms with Crippen LogP contribution in [0.15, 0.2) is 6.33 Å². The van der Waals surface area contributed by atoms with Gasteiger partial charge in [0.1, 0.15) is 12.2 Å². The van der Waals surface area contributed by atoms with Gasteiger partial charge in [0, 0.05) is 25.5 Å². The largest absolute Gasteiger partial charge is 0.396 e. The Morgan fingerprint density at radius 2 is 2.44 bits per heavy atom. The van der Waals surface area contributed by atoms with Gasteiger partial charge in [-0.3, -0.25) is 4.68 Å². The molecule has 88 valence electrons. The van der Waals surface area contributed by atoms with E-state index in [2.05, 4.69) is 10.1 Å². The normalized spacial score (nSPS) is 37.1. The van der Waals surface area contributed by atoms with Crippen LogP contribution in [-0.4, -0.2) is 26.5 Å². The van der Waals surface area contributed by atoms with Gasteiger partial charge >= 0.3 is 0 Å². The summed E-state index contributed by atoms with van der Waals surface area (Å²) in [6.07, 6.45) is 7.66. The fourth-order valence-corrected chi connectivity index (χ4v) is 3.82. The van der Waals surface area contributed by atoms with Gasteiger partial charge < -0.3 is 5.11 Å². The molecule has 1 aromatic heterocycles. The zero-order chi connectivity index (χ0) is 11.2. The van der Waals surface area contributed by atoms with Crippen molar-refractivity contribution in [2.45, 2.75) is 32.1 Å². The van der Waals surface area contributed by atoms with Crippen LogP contribution in [0.4, 0.5) is 0 Å². The van der Waals surface area contributed by atoms with Gasteiger partial charge in [-0.05, 0) is 31.1 Å². The molecule has 0 aromatic carbocycles. The van der Waals surface area contributed by atoms with Gasteiger partial charge in [-0.2, -0.15) is 5.10 Å². The first kappa shape index (κ1) is 10.3. The number of hydrogen-bond donors (Lipinski definition) is 1. The highest BCUT2D eigenvalue weighted by Crippen LogP contribution is 2.56. The third-order valence-corrected chi connectivity index (χ3v) is 4.73. The fraction of sp³-hybridized carbons (Fsp3) is 0.833. The van der Waals surface area contributed by atoms with Crippen LogP contribution >= 0.6 is 0 Å². The maximum atomic E-state index is 9.77. The van der Waals surface area contributed by atoms with E-state index in [9.17, 15) is 5.11 Å². The summed E-state index contributed by atoms with van der Waals surface area (Å²) in [5.41, 5.74) is 0.101. The molecule has 2 bridgehead atoms. The molecule has 1 heterocycles. The average molecular weight is 221 g/mol. The molecule has 1 N–H and O–H groups in total. The van der Waals surface area contributed by atoms with Crippen molar-refractivity contribution in [1.29, 1.82) is 0 Å². The molecule has 2 saturated carbocycles. The minimum Gasteiger partial charge on any atom is -0.396 e. The molecule has 0 spiro atoms. The molecule has 0 aliphatic heterocycles. The molecule has 3 rings (SSSR count). The number of aliphatic hydroxyl groups is 1. The topological polar surface area (TPSA) is 50.9 Å². The molecule has 2 aliphatic rings. The highest BCUT2D eigenvalue weighted by molar-refractivity contribution is 5.05. The lowest BCUT2D eigenvalue weighted by Gasteiger charge is -2.35. The lowest BCUT2D eigenvalue weighted by Crippen LogP contribution is -2.35. The first-order valence-electron chi connectivity index (χ1n) is 6.17. The Morgan fingerprint density at radius 3 is 2.94 bits per heavy atom. The van der Waals surface area contributed by atoms with Crippen molar-refractivity contribution in [3.8, 4) is 0 Å². The second kappa shape index (κ2) is 3.55. The van der Waals surface area contributed by atoms with Gasteiger partial charge in [-0.25, -0.2) is 4.98 Å². The maximum Gasteiger partial charge on any atom is 0.138 e. The maximum absolute atomic E-state index is 9.77. The molecule has 3 atom stereocenters. The van der Waals surface area contributed by atoms with Crippen LogP contribution in [0, 0.1) is 17.3 Å². The van der Waals surface area contributed by atoms with Crippen molar-refractivity contribution in [3.63, 3.8) is 0 Å². The summed E-state index contributed by atoms with van der Waals surface area (Å²) >= 11 is 0. The molecule has 3 unspecified atom stereocenters. The molecule has 4 heteroatoms. The van der Waals surface area contributed by atoms with Crippen molar-refractivity contribution < 1.29 is 5.11 Å². The predicted octanol–water partition coefficient (Wildman–Crippen LogP) is 1.16. The van der Waals surface area contributed by atoms with Crippen LogP contribution in [0.5, 0.6) is 0 Å². The van der Waals surface area contributed by atoms with E-state index in [0.717, 1.165) is 18.2 Å². The minimum atomic E-state index is 0.101. The first-order chi connectivity index (χ1) is 7.73. The van der Waals surface area contributed by atoms with Crippen LogP contribution in [0.3, 0.4) is 0 Å². The highest BCUT2D eigenvalue weighted by atomic mass is 16.3. The lowest BCUT2D eigenvalue weighted by molar-refractivity contribution is 0.0623. The van der Waals surface area contributed by atoms with Crippen molar-refractivity contribution in [2.24, 2.45) is 24.3 Å². The fourth-order valence-electron chi connectivity index (χ4n) is 3.82. The Balaban J connectivity index is 1.84. The molecule has 1 aromatic rings. The predicted molar refractivity (Wildman–Crippen MR) is 59.7 cm³/mol. The molecule has 0 amide bonds. The molecule has 2 fully saturated rings. The Labute approximate surface area is 95.7 Å². The van der Waals surface area contributed by atoms with Crippen LogP contribution in [0.25, 0.3) is 0 Å². The van der Waals surface area contributed by atoms with Crippen LogP contribution < -0.4 is 0 Å². The Bertz CT molecular complexity index is 389. The van der Waals surface area contributed by atoms with Crippen molar-refractivity contribution >= 4 is 0 Å². The van der Waals surface area contributed by atoms with E-state index >= 15 is 0 Å². The summed E-state index contributed by atoms with van der Waals surface area (Å²) in [4.78, 5) is 4.30. The van der Waals surface area contributed by atoms with Gasteiger partial charge in [0.15, 0.2) is 0 Å². The summed E-state index contributed by atoms with van der Waals surface area (Å²) in [6.45, 7) is 0.307. The van der Waals surface area contributed by atoms with E-state index in [1.807, 2.05) is 11.7 Å². The quantitative estimate of drug-likeness (QED) is 0.833. The van der Waals surface area contributed by atoms with E-state index in [4.69, 9.17) is 0 Å². The number of aromatic nitrogens is 3. The van der Waals surface area contributed by atoms with Gasteiger partial charge in [-0.1, -0.05) is 6.42 Å². The Hall–Kier alpha value is -0.900. The summed E-state index contributed by atoms with van der Waals surface area (Å²) in [7, 11) is 1.93. The zero-order valence-electron chi connectivity index (χ0n) is 9.76. The average Bonchev–Trinajstić information content (AvgIpc) is 2.96. The van der Waals surface area contributed by atoms with Gasteiger partial charge in [-0.15, -0.1) is 0 Å². The monoisotopic (exact) mass is 221 g/mol. The first-order valence-corrected chi connectivity index (χ1v) is 6.17. The standard InChI is InChI=1S/C12H19N3O/c1-15-11(13-8-14-15)6-12(7-16)5-9-2-3-10(12)4-9/h8-10,16H,2-7H2,1H3. The van der Waals surface area contributed by atoms with Crippen molar-refractivity contribution in [3.05, 3.63) is 12.2 Å². The lowest BCUT2D eigenvalue weighted by atomic mass is 9.71. The van der Waals surface area contributed by atoms with Crippen molar-refractivity contribution in [2.75, 3.05) is 6.61 Å². The molecule has 4 nitrogen and oxygen atoms in total. The summed E-state index contributed by atoms with van der Waals surface area (Å²) < 4.78 is 1.84. The van der Waals surface area contributed by atoms with Crippen LogP contribution in [-0.2, 0) is 13.5 Å². The second-order valence-electron chi connectivity index (χ2n) is 5.58. The van der Waals surface area contributed by atoms with E-state index in [1.54, 1.807) is 6.33 Å². The highest BCUT2D eigenvalue weighted by Gasteiger charge is 2.50. The molecule has 16 heavy (non-hydrogen) atoms. The second-order valence-corrected chi connectivity index (χ2v) is 5.58. The molecule has 0 saturated heterocycles. The summed E-state index contributed by atoms with van der Waals surface area (Å²) in [5, 5.41) is 13.9. The van der Waals surface area contributed by atoms with Gasteiger partial charge in [0.2, 0.25) is 0 Å². The molecular formula is C12H19N3O. The van der Waals surface area contributed by atoms with E-state index in [-0.39, 0.29) is 5.41 Å². The van der Waals surface area contributed by atoms with Crippen molar-refractivity contribution in [1.82, 2.24) is 14.8 Å². The number of aliphatic hydroxyl groups excluding tert-OH is 1. The Morgan fingerprint density at radius 1 is 1.56 bits per heavy atom. The van der Waals surface area contributed by atoms with E-state index in [0.29, 0.717) is 12.5 Å². The Kier molecular flexibility index (Phi) is 2.28. The van der Waals surface area contributed by atoms with E-state index < -0.39 is 0 Å². The number of rotatable bonds is 3. The van der Waals surface area contributed by atoms with Gasteiger partial charge in [0.05, 0.1) is 0 Å². The third-order valence-electron chi connectivity index (χ3n) is 4.73. The molecular weight excluding hydrogens is 202 g/mol. The van der Waals surface area contributed by atoms with E-state index in [1.165, 1.54) is 25.7 Å². The summed E-state index contributed by atoms with van der Waals surface area (Å²) in [6, 6.07) is 0.